The topological polar surface area (TPSA) is 129 Å². The van der Waals surface area contributed by atoms with Crippen molar-refractivity contribution in [1.82, 2.24) is 5.32 Å². The van der Waals surface area contributed by atoms with Gasteiger partial charge in [-0.15, -0.1) is 0 Å². The van der Waals surface area contributed by atoms with Gasteiger partial charge in [-0.05, 0) is 6.92 Å². The first-order valence-electron chi connectivity index (χ1n) is 5.51. The van der Waals surface area contributed by atoms with E-state index in [-0.39, 0.29) is 24.7 Å². The number of nitrogens with one attached hydrogen (secondary N) is 1. The molecule has 1 saturated heterocycles. The number of carbonyl (C=O) groups excluding carboxylic acids is 2. The van der Waals surface area contributed by atoms with Gasteiger partial charge in [0.1, 0.15) is 18.3 Å². The number of amides is 1. The van der Waals surface area contributed by atoms with Crippen molar-refractivity contribution in [2.45, 2.75) is 19.0 Å². The van der Waals surface area contributed by atoms with E-state index in [2.05, 4.69) is 10.1 Å². The van der Waals surface area contributed by atoms with Crippen molar-refractivity contribution < 1.29 is 33.2 Å². The van der Waals surface area contributed by atoms with E-state index in [0.29, 0.717) is 0 Å². The van der Waals surface area contributed by atoms with Crippen LogP contribution in [0.3, 0.4) is 0 Å². The third-order valence-corrected chi connectivity index (χ3v) is 4.32. The molecule has 1 rings (SSSR count). The molecule has 18 heavy (non-hydrogen) atoms. The molecular weight excluding hydrogens is 264 g/mol. The van der Waals surface area contributed by atoms with Crippen LogP contribution in [0.25, 0.3) is 0 Å². The number of alkyl carbamates (subject to hydrolysis) is 1. The molecule has 0 bridgehead atoms. The van der Waals surface area contributed by atoms with Crippen molar-refractivity contribution in [3.05, 3.63) is 0 Å². The molecule has 2 atom stereocenters. The number of ether oxygens (including phenoxy) is 1. The lowest BCUT2D eigenvalue weighted by atomic mass is 10.2. The van der Waals surface area contributed by atoms with Crippen LogP contribution in [0.4, 0.5) is 4.79 Å². The summed E-state index contributed by atoms with van der Waals surface area (Å²) in [4.78, 5) is 21.6. The Balaban J connectivity index is 2.61. The number of rotatable bonds is 5. The Bertz CT molecular complexity index is 421. The Hall–Kier alpha value is -1.35. The smallest absolute Gasteiger partial charge is 0.407 e. The van der Waals surface area contributed by atoms with Gasteiger partial charge in [0.15, 0.2) is 9.84 Å². The molecule has 1 aliphatic rings. The van der Waals surface area contributed by atoms with Gasteiger partial charge in [0.2, 0.25) is 0 Å². The maximum atomic E-state index is 11.5. The largest absolute Gasteiger partial charge is 0.544 e. The minimum atomic E-state index is -3.27. The highest BCUT2D eigenvalue weighted by Gasteiger charge is 2.41. The maximum absolute atomic E-state index is 11.5. The quantitative estimate of drug-likeness (QED) is 0.531. The minimum Gasteiger partial charge on any atom is -0.544 e. The van der Waals surface area contributed by atoms with Crippen LogP contribution in [0.5, 0.6) is 0 Å². The molecule has 0 spiro atoms. The standard InChI is InChI=1S/C9H16N2O6S/c1-2-17-9(14)11-7-5-18(15,16)4-6(7)10-3-8(12)13/h6-7,10H,2-5H2,1H3,(H,11,14)(H,12,13)/t6-,7+/m0/s1. The van der Waals surface area contributed by atoms with Crippen LogP contribution >= 0.6 is 0 Å². The van der Waals surface area contributed by atoms with Gasteiger partial charge < -0.3 is 25.3 Å². The number of hydrogen-bond donors (Lipinski definition) is 2. The molecule has 0 aromatic rings. The van der Waals surface area contributed by atoms with Crippen LogP contribution in [0, 0.1) is 0 Å². The summed E-state index contributed by atoms with van der Waals surface area (Å²) in [6.45, 7) is 1.46. The second kappa shape index (κ2) is 6.01. The maximum Gasteiger partial charge on any atom is 0.407 e. The Morgan fingerprint density at radius 2 is 2.11 bits per heavy atom. The molecule has 0 aromatic heterocycles. The average molecular weight is 280 g/mol. The lowest BCUT2D eigenvalue weighted by Gasteiger charge is -2.17. The van der Waals surface area contributed by atoms with Gasteiger partial charge in [0, 0.05) is 0 Å². The predicted octanol–water partition coefficient (Wildman–Crippen LogP) is -3.79. The van der Waals surface area contributed by atoms with Crippen LogP contribution in [0.15, 0.2) is 0 Å². The van der Waals surface area contributed by atoms with Crippen molar-refractivity contribution in [1.29, 1.82) is 0 Å². The molecule has 104 valence electrons. The van der Waals surface area contributed by atoms with Crippen LogP contribution < -0.4 is 15.7 Å². The number of nitrogens with two attached hydrogens (primary N) is 1. The number of sulfone groups is 1. The molecule has 0 aliphatic carbocycles. The Labute approximate surface area is 105 Å². The van der Waals surface area contributed by atoms with Crippen LogP contribution in [-0.2, 0) is 19.4 Å². The van der Waals surface area contributed by atoms with Gasteiger partial charge in [-0.25, -0.2) is 13.2 Å². The van der Waals surface area contributed by atoms with Gasteiger partial charge in [-0.3, -0.25) is 0 Å². The summed E-state index contributed by atoms with van der Waals surface area (Å²) in [6.07, 6.45) is -0.702. The molecule has 0 saturated carbocycles. The SMILES string of the molecule is CCOC(=O)N[C@@H]1CS(=O)(=O)C[C@@H]1[NH2+]CC(=O)[O-]. The summed E-state index contributed by atoms with van der Waals surface area (Å²) >= 11 is 0. The number of hydrogen-bond acceptors (Lipinski definition) is 6. The molecule has 0 unspecified atom stereocenters. The molecule has 1 aliphatic heterocycles. The van der Waals surface area contributed by atoms with E-state index >= 15 is 0 Å². The number of carbonyl (C=O) groups is 2. The molecule has 1 amide bonds. The number of carboxylic acids is 1. The van der Waals surface area contributed by atoms with Gasteiger partial charge in [-0.1, -0.05) is 0 Å². The first-order valence-corrected chi connectivity index (χ1v) is 7.33. The van der Waals surface area contributed by atoms with Crippen molar-refractivity contribution >= 4 is 21.9 Å². The Morgan fingerprint density at radius 3 is 2.67 bits per heavy atom. The zero-order valence-corrected chi connectivity index (χ0v) is 10.7. The summed E-state index contributed by atoms with van der Waals surface area (Å²) in [5, 5.41) is 14.1. The molecule has 0 aromatic carbocycles. The average Bonchev–Trinajstić information content (AvgIpc) is 2.50. The predicted molar refractivity (Wildman–Crippen MR) is 58.2 cm³/mol. The molecule has 1 fully saturated rings. The molecule has 1 heterocycles. The second-order valence-electron chi connectivity index (χ2n) is 4.02. The van der Waals surface area contributed by atoms with Gasteiger partial charge in [0.05, 0.1) is 24.4 Å². The third kappa shape index (κ3) is 4.49. The van der Waals surface area contributed by atoms with Crippen LogP contribution in [-0.4, -0.2) is 57.2 Å². The van der Waals surface area contributed by atoms with Crippen molar-refractivity contribution in [2.75, 3.05) is 24.7 Å². The van der Waals surface area contributed by atoms with E-state index in [1.54, 1.807) is 6.92 Å². The van der Waals surface area contributed by atoms with Crippen molar-refractivity contribution in [3.63, 3.8) is 0 Å². The third-order valence-electron chi connectivity index (χ3n) is 2.56. The number of quaternary nitrogens is 1. The minimum absolute atomic E-state index is 0.169. The van der Waals surface area contributed by atoms with Gasteiger partial charge in [0.25, 0.3) is 0 Å². The van der Waals surface area contributed by atoms with Crippen molar-refractivity contribution in [2.24, 2.45) is 0 Å². The molecule has 0 radical (unpaired) electrons. The zero-order valence-electron chi connectivity index (χ0n) is 9.92. The normalized spacial score (nSPS) is 25.6. The molecule has 9 heteroatoms. The van der Waals surface area contributed by atoms with E-state index in [0.717, 1.165) is 0 Å². The van der Waals surface area contributed by atoms with Crippen LogP contribution in [0.2, 0.25) is 0 Å². The monoisotopic (exact) mass is 280 g/mol. The van der Waals surface area contributed by atoms with E-state index in [1.807, 2.05) is 0 Å². The summed E-state index contributed by atoms with van der Waals surface area (Å²) in [5.74, 6) is -1.66. The first kappa shape index (κ1) is 14.7. The summed E-state index contributed by atoms with van der Waals surface area (Å²) < 4.78 is 27.6. The lowest BCUT2D eigenvalue weighted by molar-refractivity contribution is -0.681. The fourth-order valence-corrected chi connectivity index (χ4v) is 3.80. The van der Waals surface area contributed by atoms with E-state index in [4.69, 9.17) is 0 Å². The van der Waals surface area contributed by atoms with E-state index < -0.39 is 34.0 Å². The molecule has 8 nitrogen and oxygen atoms in total. The number of aliphatic carboxylic acids is 1. The second-order valence-corrected chi connectivity index (χ2v) is 6.18. The Morgan fingerprint density at radius 1 is 1.44 bits per heavy atom. The first-order chi connectivity index (χ1) is 8.34. The fourth-order valence-electron chi connectivity index (χ4n) is 1.83. The number of carboxylic acid groups (broad SMARTS) is 1. The zero-order chi connectivity index (χ0) is 13.8. The lowest BCUT2D eigenvalue weighted by Crippen LogP contribution is -2.95. The highest BCUT2D eigenvalue weighted by atomic mass is 32.2. The van der Waals surface area contributed by atoms with Gasteiger partial charge >= 0.3 is 6.09 Å². The summed E-state index contributed by atoms with van der Waals surface area (Å²) in [5.41, 5.74) is 0. The van der Waals surface area contributed by atoms with E-state index in [9.17, 15) is 23.1 Å². The van der Waals surface area contributed by atoms with Crippen LogP contribution in [0.1, 0.15) is 6.92 Å². The fraction of sp³-hybridized carbons (Fsp3) is 0.778. The summed E-state index contributed by atoms with van der Waals surface area (Å²) in [6, 6.07) is -1.18. The highest BCUT2D eigenvalue weighted by molar-refractivity contribution is 7.91. The molecular formula is C9H16N2O6S. The van der Waals surface area contributed by atoms with E-state index in [1.165, 1.54) is 5.32 Å². The van der Waals surface area contributed by atoms with Gasteiger partial charge in [-0.2, -0.15) is 0 Å². The van der Waals surface area contributed by atoms with Crippen molar-refractivity contribution in [3.8, 4) is 0 Å². The summed E-state index contributed by atoms with van der Waals surface area (Å²) in [7, 11) is -3.27. The Kier molecular flexibility index (Phi) is 4.91. The molecule has 3 N–H and O–H groups in total. The highest BCUT2D eigenvalue weighted by Crippen LogP contribution is 2.10.